The molecule has 0 spiro atoms. The zero-order chi connectivity index (χ0) is 9.14. The van der Waals surface area contributed by atoms with Crippen LogP contribution < -0.4 is 0 Å². The molecule has 0 unspecified atom stereocenters. The van der Waals surface area contributed by atoms with E-state index in [-0.39, 0.29) is 0 Å². The highest BCUT2D eigenvalue weighted by atomic mass is 79.9. The number of benzene rings is 1. The molecule has 0 aromatic heterocycles. The normalized spacial score (nSPS) is 9.50. The van der Waals surface area contributed by atoms with E-state index in [9.17, 15) is 0 Å². The number of hydrogen-bond acceptors (Lipinski definition) is 1. The second kappa shape index (κ2) is 3.73. The fraction of sp³-hybridized carbons (Fsp3) is 0.300. The van der Waals surface area contributed by atoms with E-state index in [0.29, 0.717) is 0 Å². The van der Waals surface area contributed by atoms with Crippen molar-refractivity contribution in [3.05, 3.63) is 33.3 Å². The zero-order valence-corrected chi connectivity index (χ0v) is 8.77. The van der Waals surface area contributed by atoms with Crippen LogP contribution in [0, 0.1) is 18.3 Å². The largest absolute Gasteiger partial charge is 0.192 e. The van der Waals surface area contributed by atoms with Crippen LogP contribution in [0.5, 0.6) is 0 Å². The Kier molecular flexibility index (Phi) is 2.88. The lowest BCUT2D eigenvalue weighted by Crippen LogP contribution is -1.91. The Hall–Kier alpha value is -0.810. The van der Waals surface area contributed by atoms with Crippen LogP contribution in [0.1, 0.15) is 23.6 Å². The van der Waals surface area contributed by atoms with Crippen LogP contribution in [0.3, 0.4) is 0 Å². The first-order valence-electron chi connectivity index (χ1n) is 3.88. The fourth-order valence-corrected chi connectivity index (χ4v) is 1.87. The molecule has 0 saturated carbocycles. The lowest BCUT2D eigenvalue weighted by Gasteiger charge is -2.04. The summed E-state index contributed by atoms with van der Waals surface area (Å²) in [6.07, 6.45) is 0.906. The molecular formula is C10H10BrN. The van der Waals surface area contributed by atoms with Crippen LogP contribution in [-0.4, -0.2) is 0 Å². The Morgan fingerprint density at radius 1 is 1.50 bits per heavy atom. The van der Waals surface area contributed by atoms with Gasteiger partial charge in [0.1, 0.15) is 0 Å². The lowest BCUT2D eigenvalue weighted by molar-refractivity contribution is 1.11. The molecule has 62 valence electrons. The van der Waals surface area contributed by atoms with Crippen molar-refractivity contribution >= 4 is 15.9 Å². The minimum Gasteiger partial charge on any atom is -0.192 e. The molecule has 0 radical (unpaired) electrons. The summed E-state index contributed by atoms with van der Waals surface area (Å²) >= 11 is 3.41. The minimum absolute atomic E-state index is 0.820. The smallest absolute Gasteiger partial charge is 0.0997 e. The highest BCUT2D eigenvalue weighted by Crippen LogP contribution is 2.20. The molecule has 0 aliphatic rings. The quantitative estimate of drug-likeness (QED) is 0.718. The molecule has 1 aromatic carbocycles. The van der Waals surface area contributed by atoms with Crippen molar-refractivity contribution in [1.82, 2.24) is 0 Å². The van der Waals surface area contributed by atoms with Gasteiger partial charge in [-0.25, -0.2) is 0 Å². The third-order valence-electron chi connectivity index (χ3n) is 1.87. The van der Waals surface area contributed by atoms with Gasteiger partial charge in [-0.3, -0.25) is 0 Å². The van der Waals surface area contributed by atoms with Gasteiger partial charge in [-0.15, -0.1) is 0 Å². The summed E-state index contributed by atoms with van der Waals surface area (Å²) in [7, 11) is 0. The van der Waals surface area contributed by atoms with E-state index in [1.165, 1.54) is 0 Å². The Balaban J connectivity index is 3.36. The third-order valence-corrected chi connectivity index (χ3v) is 2.33. The average Bonchev–Trinajstić information content (AvgIpc) is 2.03. The molecule has 0 bridgehead atoms. The van der Waals surface area contributed by atoms with Crippen LogP contribution >= 0.6 is 15.9 Å². The van der Waals surface area contributed by atoms with Crippen LogP contribution in [-0.2, 0) is 6.42 Å². The van der Waals surface area contributed by atoms with E-state index in [1.807, 2.05) is 19.1 Å². The Bertz CT molecular complexity index is 336. The molecule has 0 amide bonds. The summed E-state index contributed by atoms with van der Waals surface area (Å²) in [5.74, 6) is 0. The molecular weight excluding hydrogens is 214 g/mol. The van der Waals surface area contributed by atoms with Crippen LogP contribution in [0.4, 0.5) is 0 Å². The molecule has 0 N–H and O–H groups in total. The predicted octanol–water partition coefficient (Wildman–Crippen LogP) is 3.19. The second-order valence-corrected chi connectivity index (χ2v) is 3.64. The summed E-state index contributed by atoms with van der Waals surface area (Å²) in [5, 5.41) is 8.86. The number of aryl methyl sites for hydroxylation is 2. The monoisotopic (exact) mass is 223 g/mol. The molecule has 1 nitrogen and oxygen atoms in total. The summed E-state index contributed by atoms with van der Waals surface area (Å²) in [6.45, 7) is 4.02. The van der Waals surface area contributed by atoms with Crippen molar-refractivity contribution in [3.63, 3.8) is 0 Å². The number of nitrogens with zero attached hydrogens (tertiary/aromatic N) is 1. The maximum atomic E-state index is 8.86. The van der Waals surface area contributed by atoms with Gasteiger partial charge in [0.05, 0.1) is 11.6 Å². The van der Waals surface area contributed by atoms with Crippen molar-refractivity contribution in [1.29, 1.82) is 5.26 Å². The molecule has 0 fully saturated rings. The minimum atomic E-state index is 0.820. The standard InChI is InChI=1S/C10H10BrN/c1-3-8-5-9(11)4-7(2)10(8)6-12/h4-5H,3H2,1-2H3. The van der Waals surface area contributed by atoms with E-state index in [1.54, 1.807) is 0 Å². The van der Waals surface area contributed by atoms with E-state index in [0.717, 1.165) is 27.6 Å². The molecule has 1 rings (SSSR count). The summed E-state index contributed by atoms with van der Waals surface area (Å²) < 4.78 is 1.05. The van der Waals surface area contributed by atoms with E-state index in [2.05, 4.69) is 28.9 Å². The highest BCUT2D eigenvalue weighted by molar-refractivity contribution is 9.10. The predicted molar refractivity (Wildman–Crippen MR) is 53.0 cm³/mol. The van der Waals surface area contributed by atoms with E-state index in [4.69, 9.17) is 5.26 Å². The van der Waals surface area contributed by atoms with Crippen LogP contribution in [0.15, 0.2) is 16.6 Å². The van der Waals surface area contributed by atoms with Gasteiger partial charge in [0, 0.05) is 4.47 Å². The van der Waals surface area contributed by atoms with Gasteiger partial charge in [-0.2, -0.15) is 5.26 Å². The zero-order valence-electron chi connectivity index (χ0n) is 7.19. The summed E-state index contributed by atoms with van der Waals surface area (Å²) in [4.78, 5) is 0. The molecule has 0 atom stereocenters. The van der Waals surface area contributed by atoms with Gasteiger partial charge >= 0.3 is 0 Å². The van der Waals surface area contributed by atoms with Gasteiger partial charge < -0.3 is 0 Å². The number of halogens is 1. The summed E-state index contributed by atoms with van der Waals surface area (Å²) in [5.41, 5.74) is 2.98. The third kappa shape index (κ3) is 1.67. The first kappa shape index (κ1) is 9.28. The molecule has 12 heavy (non-hydrogen) atoms. The lowest BCUT2D eigenvalue weighted by atomic mass is 10.0. The number of hydrogen-bond donors (Lipinski definition) is 0. The fourth-order valence-electron chi connectivity index (χ4n) is 1.25. The molecule has 0 heterocycles. The topological polar surface area (TPSA) is 23.8 Å². The first-order chi connectivity index (χ1) is 5.69. The Morgan fingerprint density at radius 3 is 2.67 bits per heavy atom. The van der Waals surface area contributed by atoms with Gasteiger partial charge in [0.15, 0.2) is 0 Å². The first-order valence-corrected chi connectivity index (χ1v) is 4.67. The van der Waals surface area contributed by atoms with Crippen molar-refractivity contribution in [2.45, 2.75) is 20.3 Å². The van der Waals surface area contributed by atoms with Gasteiger partial charge in [-0.05, 0) is 36.6 Å². The van der Waals surface area contributed by atoms with Crippen LogP contribution in [0.25, 0.3) is 0 Å². The van der Waals surface area contributed by atoms with E-state index < -0.39 is 0 Å². The molecule has 2 heteroatoms. The number of nitriles is 1. The van der Waals surface area contributed by atoms with Crippen molar-refractivity contribution in [2.75, 3.05) is 0 Å². The molecule has 1 aromatic rings. The maximum absolute atomic E-state index is 8.86. The van der Waals surface area contributed by atoms with Gasteiger partial charge in [0.2, 0.25) is 0 Å². The van der Waals surface area contributed by atoms with Crippen molar-refractivity contribution in [2.24, 2.45) is 0 Å². The maximum Gasteiger partial charge on any atom is 0.0997 e. The Morgan fingerprint density at radius 2 is 2.17 bits per heavy atom. The van der Waals surface area contributed by atoms with Gasteiger partial charge in [0.25, 0.3) is 0 Å². The summed E-state index contributed by atoms with van der Waals surface area (Å²) in [6, 6.07) is 6.20. The van der Waals surface area contributed by atoms with Crippen molar-refractivity contribution in [3.8, 4) is 6.07 Å². The molecule has 0 aliphatic heterocycles. The van der Waals surface area contributed by atoms with Gasteiger partial charge in [-0.1, -0.05) is 22.9 Å². The van der Waals surface area contributed by atoms with E-state index >= 15 is 0 Å². The Labute approximate surface area is 81.2 Å². The molecule has 0 aliphatic carbocycles. The second-order valence-electron chi connectivity index (χ2n) is 2.72. The molecule has 0 saturated heterocycles. The van der Waals surface area contributed by atoms with Crippen molar-refractivity contribution < 1.29 is 0 Å². The average molecular weight is 224 g/mol. The number of rotatable bonds is 1. The van der Waals surface area contributed by atoms with Crippen LogP contribution in [0.2, 0.25) is 0 Å². The highest BCUT2D eigenvalue weighted by Gasteiger charge is 2.04. The SMILES string of the molecule is CCc1cc(Br)cc(C)c1C#N.